The highest BCUT2D eigenvalue weighted by Crippen LogP contribution is 2.28. The number of aliphatic hydroxyl groups is 1. The molecule has 2 fully saturated rings. The van der Waals surface area contributed by atoms with Crippen LogP contribution in [0.15, 0.2) is 6.20 Å². The van der Waals surface area contributed by atoms with Gasteiger partial charge in [-0.15, -0.1) is 0 Å². The number of amides is 1. The minimum atomic E-state index is -0.547. The monoisotopic (exact) mass is 333 g/mol. The Bertz CT molecular complexity index is 588. The van der Waals surface area contributed by atoms with Crippen molar-refractivity contribution >= 4 is 17.7 Å². The normalized spacial score (nSPS) is 27.8. The van der Waals surface area contributed by atoms with Crippen molar-refractivity contribution in [3.05, 3.63) is 11.8 Å². The van der Waals surface area contributed by atoms with Gasteiger partial charge in [0, 0.05) is 18.3 Å². The van der Waals surface area contributed by atoms with E-state index >= 15 is 0 Å². The molecule has 0 spiro atoms. The van der Waals surface area contributed by atoms with Gasteiger partial charge in [-0.3, -0.25) is 4.79 Å². The maximum atomic E-state index is 11.7. The Kier molecular flexibility index (Phi) is 5.18. The predicted molar refractivity (Wildman–Crippen MR) is 92.9 cm³/mol. The molecule has 0 aromatic carbocycles. The summed E-state index contributed by atoms with van der Waals surface area (Å²) < 4.78 is 0. The summed E-state index contributed by atoms with van der Waals surface area (Å²) in [6, 6.07) is 0.484. The van der Waals surface area contributed by atoms with E-state index in [1.165, 1.54) is 19.0 Å². The van der Waals surface area contributed by atoms with Gasteiger partial charge in [0.15, 0.2) is 0 Å². The number of carbonyl (C=O) groups excluding carboxylic acids is 1. The number of nitrogens with zero attached hydrogens (tertiary/aromatic N) is 2. The van der Waals surface area contributed by atoms with Crippen LogP contribution in [0, 0.1) is 5.92 Å². The number of aromatic nitrogens is 2. The zero-order valence-electron chi connectivity index (χ0n) is 14.2. The van der Waals surface area contributed by atoms with E-state index < -0.39 is 5.91 Å². The molecule has 0 aliphatic heterocycles. The number of nitrogens with two attached hydrogens (primary N) is 1. The summed E-state index contributed by atoms with van der Waals surface area (Å²) >= 11 is 0. The Hall–Kier alpha value is -1.89. The van der Waals surface area contributed by atoms with E-state index in [0.717, 1.165) is 25.7 Å². The van der Waals surface area contributed by atoms with Crippen molar-refractivity contribution in [3.63, 3.8) is 0 Å². The molecule has 2 saturated carbocycles. The molecule has 1 amide bonds. The van der Waals surface area contributed by atoms with Gasteiger partial charge < -0.3 is 21.5 Å². The highest BCUT2D eigenvalue weighted by Gasteiger charge is 2.27. The van der Waals surface area contributed by atoms with Crippen molar-refractivity contribution < 1.29 is 9.90 Å². The van der Waals surface area contributed by atoms with Crippen molar-refractivity contribution in [2.24, 2.45) is 11.7 Å². The second-order valence-electron chi connectivity index (χ2n) is 7.14. The third-order valence-electron chi connectivity index (χ3n) is 5.24. The molecule has 3 rings (SSSR count). The van der Waals surface area contributed by atoms with E-state index in [1.54, 1.807) is 0 Å². The number of hydrogen-bond acceptors (Lipinski definition) is 6. The van der Waals surface area contributed by atoms with E-state index in [1.807, 2.05) is 0 Å². The lowest BCUT2D eigenvalue weighted by Gasteiger charge is -2.32. The van der Waals surface area contributed by atoms with Gasteiger partial charge in [-0.2, -0.15) is 4.98 Å². The first-order chi connectivity index (χ1) is 11.5. The van der Waals surface area contributed by atoms with Crippen LogP contribution in [-0.4, -0.2) is 39.2 Å². The van der Waals surface area contributed by atoms with Gasteiger partial charge in [0.05, 0.1) is 11.7 Å². The topological polar surface area (TPSA) is 113 Å². The molecular formula is C17H27N5O2. The molecule has 0 radical (unpaired) electrons. The zero-order valence-corrected chi connectivity index (χ0v) is 14.2. The Morgan fingerprint density at radius 2 is 1.96 bits per heavy atom. The lowest BCUT2D eigenvalue weighted by molar-refractivity contribution is 0.0739. The molecule has 2 aliphatic rings. The molecule has 0 unspecified atom stereocenters. The van der Waals surface area contributed by atoms with Crippen LogP contribution >= 0.6 is 0 Å². The van der Waals surface area contributed by atoms with Crippen LogP contribution in [-0.2, 0) is 0 Å². The van der Waals surface area contributed by atoms with E-state index in [2.05, 4.69) is 27.5 Å². The molecule has 7 heteroatoms. The fourth-order valence-electron chi connectivity index (χ4n) is 3.62. The average molecular weight is 333 g/mol. The van der Waals surface area contributed by atoms with Crippen molar-refractivity contribution in [1.82, 2.24) is 9.97 Å². The third kappa shape index (κ3) is 3.95. The maximum Gasteiger partial charge on any atom is 0.254 e. The number of hydrogen-bond donors (Lipinski definition) is 4. The number of rotatable bonds is 5. The zero-order chi connectivity index (χ0) is 17.1. The van der Waals surface area contributed by atoms with Gasteiger partial charge in [0.1, 0.15) is 5.82 Å². The third-order valence-corrected chi connectivity index (χ3v) is 5.24. The second kappa shape index (κ2) is 7.34. The first-order valence-electron chi connectivity index (χ1n) is 8.91. The SMILES string of the molecule is C[C@@H]1CC[C@@H](Nc2nc(NC3CCCC3)ncc2C(N)=O)C[C@H]1O. The number of nitrogens with one attached hydrogen (secondary N) is 2. The van der Waals surface area contributed by atoms with Gasteiger partial charge in [-0.05, 0) is 38.0 Å². The standard InChI is InChI=1S/C17H27N5O2/c1-10-6-7-12(8-14(10)23)20-16-13(15(18)24)9-19-17(22-16)21-11-4-2-3-5-11/h9-12,14,23H,2-8H2,1H3,(H2,18,24)(H2,19,20,21,22)/t10-,12-,14-/m1/s1. The molecule has 5 N–H and O–H groups in total. The summed E-state index contributed by atoms with van der Waals surface area (Å²) in [5.41, 5.74) is 5.75. The largest absolute Gasteiger partial charge is 0.393 e. The molecule has 1 aromatic rings. The van der Waals surface area contributed by atoms with Gasteiger partial charge >= 0.3 is 0 Å². The number of anilines is 2. The van der Waals surface area contributed by atoms with Crippen LogP contribution in [0.4, 0.5) is 11.8 Å². The minimum Gasteiger partial charge on any atom is -0.393 e. The Morgan fingerprint density at radius 3 is 2.62 bits per heavy atom. The fourth-order valence-corrected chi connectivity index (χ4v) is 3.62. The van der Waals surface area contributed by atoms with Crippen molar-refractivity contribution in [2.45, 2.75) is 70.1 Å². The number of carbonyl (C=O) groups is 1. The van der Waals surface area contributed by atoms with Crippen LogP contribution < -0.4 is 16.4 Å². The van der Waals surface area contributed by atoms with Crippen LogP contribution in [0.1, 0.15) is 62.2 Å². The lowest BCUT2D eigenvalue weighted by atomic mass is 9.85. The molecule has 0 saturated heterocycles. The molecule has 7 nitrogen and oxygen atoms in total. The summed E-state index contributed by atoms with van der Waals surface area (Å²) in [7, 11) is 0. The molecule has 132 valence electrons. The van der Waals surface area contributed by atoms with Crippen LogP contribution in [0.5, 0.6) is 0 Å². The fraction of sp³-hybridized carbons (Fsp3) is 0.706. The Balaban J connectivity index is 1.74. The van der Waals surface area contributed by atoms with Gasteiger partial charge in [0.25, 0.3) is 5.91 Å². The minimum absolute atomic E-state index is 0.0866. The molecule has 1 heterocycles. The van der Waals surface area contributed by atoms with E-state index in [4.69, 9.17) is 5.73 Å². The van der Waals surface area contributed by atoms with Crippen LogP contribution in [0.2, 0.25) is 0 Å². The molecular weight excluding hydrogens is 306 g/mol. The van der Waals surface area contributed by atoms with E-state index in [-0.39, 0.29) is 12.1 Å². The second-order valence-corrected chi connectivity index (χ2v) is 7.14. The number of primary amides is 1. The molecule has 3 atom stereocenters. The predicted octanol–water partition coefficient (Wildman–Crippen LogP) is 1.89. The van der Waals surface area contributed by atoms with Crippen LogP contribution in [0.3, 0.4) is 0 Å². The molecule has 1 aromatic heterocycles. The first-order valence-corrected chi connectivity index (χ1v) is 8.91. The highest BCUT2D eigenvalue weighted by molar-refractivity contribution is 5.97. The van der Waals surface area contributed by atoms with Gasteiger partial charge in [0.2, 0.25) is 5.95 Å². The summed E-state index contributed by atoms with van der Waals surface area (Å²) in [6.07, 6.45) is 8.37. The van der Waals surface area contributed by atoms with Gasteiger partial charge in [-0.1, -0.05) is 19.8 Å². The molecule has 24 heavy (non-hydrogen) atoms. The molecule has 0 bridgehead atoms. The van der Waals surface area contributed by atoms with Gasteiger partial charge in [-0.25, -0.2) is 4.98 Å². The van der Waals surface area contributed by atoms with Crippen molar-refractivity contribution in [1.29, 1.82) is 0 Å². The van der Waals surface area contributed by atoms with Crippen molar-refractivity contribution in [3.8, 4) is 0 Å². The Morgan fingerprint density at radius 1 is 1.21 bits per heavy atom. The first kappa shape index (κ1) is 17.0. The average Bonchev–Trinajstić information content (AvgIpc) is 3.04. The summed E-state index contributed by atoms with van der Waals surface area (Å²) in [4.78, 5) is 20.4. The summed E-state index contributed by atoms with van der Waals surface area (Å²) in [6.45, 7) is 2.06. The summed E-state index contributed by atoms with van der Waals surface area (Å²) in [5.74, 6) is 0.752. The quantitative estimate of drug-likeness (QED) is 0.654. The van der Waals surface area contributed by atoms with E-state index in [9.17, 15) is 9.90 Å². The number of aliphatic hydroxyl groups excluding tert-OH is 1. The molecule has 2 aliphatic carbocycles. The maximum absolute atomic E-state index is 11.7. The van der Waals surface area contributed by atoms with E-state index in [0.29, 0.717) is 35.7 Å². The smallest absolute Gasteiger partial charge is 0.254 e. The van der Waals surface area contributed by atoms with Crippen molar-refractivity contribution in [2.75, 3.05) is 10.6 Å². The summed E-state index contributed by atoms with van der Waals surface area (Å²) in [5, 5.41) is 16.7. The van der Waals surface area contributed by atoms with Crippen LogP contribution in [0.25, 0.3) is 0 Å². The Labute approximate surface area is 142 Å². The highest BCUT2D eigenvalue weighted by atomic mass is 16.3. The lowest BCUT2D eigenvalue weighted by Crippen LogP contribution is -2.35.